The molecule has 1 amide bonds. The number of carbonyl (C=O) groups is 1. The Morgan fingerprint density at radius 2 is 2.38 bits per heavy atom. The van der Waals surface area contributed by atoms with E-state index in [2.05, 4.69) is 10.4 Å². The first-order valence-electron chi connectivity index (χ1n) is 5.46. The molecule has 1 aromatic rings. The maximum absolute atomic E-state index is 11.8. The highest BCUT2D eigenvalue weighted by Crippen LogP contribution is 2.44. The summed E-state index contributed by atoms with van der Waals surface area (Å²) >= 11 is 0. The lowest BCUT2D eigenvalue weighted by molar-refractivity contribution is 0.0934. The lowest BCUT2D eigenvalue weighted by Gasteiger charge is -2.12. The zero-order chi connectivity index (χ0) is 11.8. The van der Waals surface area contributed by atoms with E-state index in [1.54, 1.807) is 10.9 Å². The highest BCUT2D eigenvalue weighted by atomic mass is 16.3. The molecule has 1 aromatic heterocycles. The van der Waals surface area contributed by atoms with E-state index in [0.29, 0.717) is 12.1 Å². The minimum absolute atomic E-state index is 0.0498. The van der Waals surface area contributed by atoms with Crippen LogP contribution in [-0.2, 0) is 7.05 Å². The predicted octanol–water partition coefficient (Wildman–Crippen LogP) is 0.231. The Labute approximate surface area is 94.5 Å². The van der Waals surface area contributed by atoms with E-state index in [1.165, 1.54) is 0 Å². The third kappa shape index (κ3) is 1.95. The number of nitrogens with zero attached hydrogens (tertiary/aromatic N) is 2. The summed E-state index contributed by atoms with van der Waals surface area (Å²) in [7, 11) is 1.81. The molecule has 16 heavy (non-hydrogen) atoms. The molecule has 0 aliphatic heterocycles. The van der Waals surface area contributed by atoms with E-state index in [9.17, 15) is 4.79 Å². The number of aryl methyl sites for hydroxylation is 1. The number of aliphatic hydroxyl groups excluding tert-OH is 1. The van der Waals surface area contributed by atoms with Crippen molar-refractivity contribution in [1.29, 1.82) is 0 Å². The van der Waals surface area contributed by atoms with Crippen molar-refractivity contribution in [2.75, 3.05) is 13.2 Å². The molecule has 0 aromatic carbocycles. The van der Waals surface area contributed by atoms with Crippen molar-refractivity contribution in [3.05, 3.63) is 17.5 Å². The fourth-order valence-corrected chi connectivity index (χ4v) is 1.65. The van der Waals surface area contributed by atoms with Crippen molar-refractivity contribution in [1.82, 2.24) is 15.1 Å². The second-order valence-electron chi connectivity index (χ2n) is 4.61. The van der Waals surface area contributed by atoms with Gasteiger partial charge in [-0.15, -0.1) is 0 Å². The summed E-state index contributed by atoms with van der Waals surface area (Å²) in [4.78, 5) is 11.8. The van der Waals surface area contributed by atoms with E-state index in [4.69, 9.17) is 5.11 Å². The third-order valence-electron chi connectivity index (χ3n) is 3.40. The fourth-order valence-electron chi connectivity index (χ4n) is 1.65. The molecular weight excluding hydrogens is 206 g/mol. The summed E-state index contributed by atoms with van der Waals surface area (Å²) in [5.41, 5.74) is 1.41. The van der Waals surface area contributed by atoms with Gasteiger partial charge in [0, 0.05) is 24.7 Å². The normalized spacial score (nSPS) is 17.2. The molecule has 0 radical (unpaired) electrons. The van der Waals surface area contributed by atoms with Gasteiger partial charge in [0.2, 0.25) is 0 Å². The second-order valence-corrected chi connectivity index (χ2v) is 4.61. The number of hydrogen-bond acceptors (Lipinski definition) is 3. The Morgan fingerprint density at radius 1 is 1.69 bits per heavy atom. The highest BCUT2D eigenvalue weighted by Gasteiger charge is 2.42. The average molecular weight is 223 g/mol. The zero-order valence-corrected chi connectivity index (χ0v) is 9.66. The molecular formula is C11H17N3O2. The van der Waals surface area contributed by atoms with Crippen LogP contribution in [0, 0.1) is 12.3 Å². The number of aromatic nitrogens is 2. The van der Waals surface area contributed by atoms with Crippen LogP contribution < -0.4 is 5.32 Å². The molecule has 2 N–H and O–H groups in total. The Hall–Kier alpha value is -1.36. The van der Waals surface area contributed by atoms with Gasteiger partial charge < -0.3 is 10.4 Å². The summed E-state index contributed by atoms with van der Waals surface area (Å²) in [6.45, 7) is 2.57. The summed E-state index contributed by atoms with van der Waals surface area (Å²) in [6, 6.07) is 0. The van der Waals surface area contributed by atoms with Crippen molar-refractivity contribution in [2.45, 2.75) is 19.8 Å². The van der Waals surface area contributed by atoms with E-state index < -0.39 is 0 Å². The minimum Gasteiger partial charge on any atom is -0.396 e. The van der Waals surface area contributed by atoms with Crippen LogP contribution in [0.25, 0.3) is 0 Å². The maximum atomic E-state index is 11.8. The van der Waals surface area contributed by atoms with E-state index in [-0.39, 0.29) is 17.9 Å². The van der Waals surface area contributed by atoms with Gasteiger partial charge >= 0.3 is 0 Å². The molecule has 1 aliphatic carbocycles. The van der Waals surface area contributed by atoms with Crippen molar-refractivity contribution in [2.24, 2.45) is 12.5 Å². The van der Waals surface area contributed by atoms with Gasteiger partial charge in [0.1, 0.15) is 0 Å². The summed E-state index contributed by atoms with van der Waals surface area (Å²) < 4.78 is 1.67. The number of nitrogens with one attached hydrogen (secondary N) is 1. The number of hydrogen-bond donors (Lipinski definition) is 2. The molecule has 1 heterocycles. The number of aliphatic hydroxyl groups is 1. The molecule has 5 nitrogen and oxygen atoms in total. The molecule has 1 saturated carbocycles. The molecule has 1 fully saturated rings. The number of rotatable bonds is 4. The van der Waals surface area contributed by atoms with E-state index >= 15 is 0 Å². The van der Waals surface area contributed by atoms with Crippen LogP contribution in [0.2, 0.25) is 0 Å². The SMILES string of the molecule is Cc1c(C(=O)NCC2(CO)CC2)cnn1C. The molecule has 0 bridgehead atoms. The van der Waals surface area contributed by atoms with Crippen LogP contribution in [0.5, 0.6) is 0 Å². The maximum Gasteiger partial charge on any atom is 0.254 e. The van der Waals surface area contributed by atoms with Crippen LogP contribution in [-0.4, -0.2) is 33.9 Å². The lowest BCUT2D eigenvalue weighted by Crippen LogP contribution is -2.32. The van der Waals surface area contributed by atoms with Gasteiger partial charge in [0.25, 0.3) is 5.91 Å². The van der Waals surface area contributed by atoms with Gasteiger partial charge in [-0.05, 0) is 19.8 Å². The molecule has 0 atom stereocenters. The predicted molar refractivity (Wildman–Crippen MR) is 59.0 cm³/mol. The molecule has 5 heteroatoms. The summed E-state index contributed by atoms with van der Waals surface area (Å²) in [5.74, 6) is -0.106. The fraction of sp³-hybridized carbons (Fsp3) is 0.636. The largest absolute Gasteiger partial charge is 0.396 e. The topological polar surface area (TPSA) is 67.2 Å². The van der Waals surface area contributed by atoms with E-state index in [1.807, 2.05) is 14.0 Å². The standard InChI is InChI=1S/C11H17N3O2/c1-8-9(5-13-14(8)2)10(16)12-6-11(7-15)3-4-11/h5,15H,3-4,6-7H2,1-2H3,(H,12,16). The van der Waals surface area contributed by atoms with Gasteiger partial charge in [0.05, 0.1) is 18.4 Å². The van der Waals surface area contributed by atoms with Gasteiger partial charge in [-0.25, -0.2) is 0 Å². The first-order valence-corrected chi connectivity index (χ1v) is 5.46. The zero-order valence-electron chi connectivity index (χ0n) is 9.66. The molecule has 1 aliphatic rings. The smallest absolute Gasteiger partial charge is 0.254 e. The molecule has 88 valence electrons. The van der Waals surface area contributed by atoms with Crippen molar-refractivity contribution in [3.63, 3.8) is 0 Å². The molecule has 0 spiro atoms. The van der Waals surface area contributed by atoms with Crippen molar-refractivity contribution < 1.29 is 9.90 Å². The van der Waals surface area contributed by atoms with Crippen molar-refractivity contribution in [3.8, 4) is 0 Å². The molecule has 0 unspecified atom stereocenters. The van der Waals surface area contributed by atoms with Gasteiger partial charge in [-0.3, -0.25) is 9.48 Å². The van der Waals surface area contributed by atoms with Crippen LogP contribution in [0.3, 0.4) is 0 Å². The third-order valence-corrected chi connectivity index (χ3v) is 3.40. The van der Waals surface area contributed by atoms with Gasteiger partial charge in [0.15, 0.2) is 0 Å². The Balaban J connectivity index is 1.96. The number of carbonyl (C=O) groups excluding carboxylic acids is 1. The quantitative estimate of drug-likeness (QED) is 0.768. The Morgan fingerprint density at radius 3 is 2.81 bits per heavy atom. The van der Waals surface area contributed by atoms with Gasteiger partial charge in [-0.2, -0.15) is 5.10 Å². The Kier molecular flexibility index (Phi) is 2.71. The van der Waals surface area contributed by atoms with E-state index in [0.717, 1.165) is 18.5 Å². The first kappa shape index (κ1) is 11.1. The summed E-state index contributed by atoms with van der Waals surface area (Å²) in [5, 5.41) is 16.0. The average Bonchev–Trinajstić information content (AvgIpc) is 2.99. The minimum atomic E-state index is -0.106. The van der Waals surface area contributed by atoms with Crippen LogP contribution >= 0.6 is 0 Å². The second kappa shape index (κ2) is 3.90. The number of amides is 1. The van der Waals surface area contributed by atoms with Crippen LogP contribution in [0.15, 0.2) is 6.20 Å². The van der Waals surface area contributed by atoms with Crippen LogP contribution in [0.4, 0.5) is 0 Å². The van der Waals surface area contributed by atoms with Crippen LogP contribution in [0.1, 0.15) is 28.9 Å². The lowest BCUT2D eigenvalue weighted by atomic mass is 10.1. The monoisotopic (exact) mass is 223 g/mol. The Bertz CT molecular complexity index is 407. The molecule has 0 saturated heterocycles. The first-order chi connectivity index (χ1) is 7.58. The summed E-state index contributed by atoms with van der Waals surface area (Å²) in [6.07, 6.45) is 3.56. The highest BCUT2D eigenvalue weighted by molar-refractivity contribution is 5.95. The van der Waals surface area contributed by atoms with Gasteiger partial charge in [-0.1, -0.05) is 0 Å². The molecule has 2 rings (SSSR count). The van der Waals surface area contributed by atoms with Crippen molar-refractivity contribution >= 4 is 5.91 Å².